The standard InChI is InChI=1S/C26H20N2O2S/c1-17-16-31-26(28-17)24-21-10-9-20(30-13-11-18-6-3-2-4-7-18)14-22(21)25(29)23(24)19-8-5-12-27-15-19/h2-10,12,14-16H,11,13H2,1H3. The summed E-state index contributed by atoms with van der Waals surface area (Å²) in [6.07, 6.45) is 4.26. The molecule has 0 N–H and O–H groups in total. The Labute approximate surface area is 184 Å². The minimum Gasteiger partial charge on any atom is -0.493 e. The number of pyridine rings is 1. The molecule has 0 fully saturated rings. The van der Waals surface area contributed by atoms with Crippen molar-refractivity contribution in [1.29, 1.82) is 0 Å². The molecule has 5 rings (SSSR count). The number of ether oxygens (including phenoxy) is 1. The molecular weight excluding hydrogens is 404 g/mol. The molecule has 1 aliphatic rings. The normalized spacial score (nSPS) is 12.9. The van der Waals surface area contributed by atoms with E-state index in [0.29, 0.717) is 23.5 Å². The summed E-state index contributed by atoms with van der Waals surface area (Å²) in [5, 5.41) is 2.86. The Morgan fingerprint density at radius 3 is 2.58 bits per heavy atom. The van der Waals surface area contributed by atoms with Gasteiger partial charge in [0.05, 0.1) is 6.61 Å². The third-order valence-corrected chi connectivity index (χ3v) is 6.25. The maximum Gasteiger partial charge on any atom is 0.195 e. The van der Waals surface area contributed by atoms with Gasteiger partial charge in [0.2, 0.25) is 0 Å². The summed E-state index contributed by atoms with van der Waals surface area (Å²) in [7, 11) is 0. The molecule has 4 nitrogen and oxygen atoms in total. The lowest BCUT2D eigenvalue weighted by Crippen LogP contribution is -2.03. The Balaban J connectivity index is 1.48. The summed E-state index contributed by atoms with van der Waals surface area (Å²) in [6.45, 7) is 2.52. The summed E-state index contributed by atoms with van der Waals surface area (Å²) in [4.78, 5) is 22.4. The van der Waals surface area contributed by atoms with Crippen LogP contribution in [-0.2, 0) is 6.42 Å². The molecule has 31 heavy (non-hydrogen) atoms. The SMILES string of the molecule is Cc1csc(C2=C(c3cccnc3)C(=O)c3cc(OCCc4ccccc4)ccc32)n1. The number of allylic oxidation sites excluding steroid dienone is 1. The zero-order chi connectivity index (χ0) is 21.2. The van der Waals surface area contributed by atoms with E-state index >= 15 is 0 Å². The van der Waals surface area contributed by atoms with E-state index in [1.807, 2.05) is 60.8 Å². The Morgan fingerprint density at radius 2 is 1.84 bits per heavy atom. The van der Waals surface area contributed by atoms with Gasteiger partial charge in [-0.25, -0.2) is 4.98 Å². The molecule has 0 bridgehead atoms. The van der Waals surface area contributed by atoms with E-state index in [9.17, 15) is 4.79 Å². The van der Waals surface area contributed by atoms with Gasteiger partial charge in [0.15, 0.2) is 5.78 Å². The number of rotatable bonds is 6. The Morgan fingerprint density at radius 1 is 0.968 bits per heavy atom. The zero-order valence-corrected chi connectivity index (χ0v) is 17.9. The molecule has 0 spiro atoms. The molecule has 2 aromatic heterocycles. The number of benzene rings is 2. The van der Waals surface area contributed by atoms with Crippen LogP contribution in [0.3, 0.4) is 0 Å². The number of ketones is 1. The molecule has 0 aliphatic heterocycles. The third kappa shape index (κ3) is 3.80. The largest absolute Gasteiger partial charge is 0.493 e. The van der Waals surface area contributed by atoms with E-state index in [0.717, 1.165) is 33.8 Å². The van der Waals surface area contributed by atoms with Gasteiger partial charge in [0.25, 0.3) is 0 Å². The lowest BCUT2D eigenvalue weighted by molar-refractivity contribution is 0.105. The molecule has 0 saturated heterocycles. The van der Waals surface area contributed by atoms with Crippen molar-refractivity contribution in [1.82, 2.24) is 9.97 Å². The fourth-order valence-electron chi connectivity index (χ4n) is 3.81. The van der Waals surface area contributed by atoms with Crippen LogP contribution in [0, 0.1) is 6.92 Å². The molecule has 2 heterocycles. The van der Waals surface area contributed by atoms with Crippen molar-refractivity contribution in [2.45, 2.75) is 13.3 Å². The lowest BCUT2D eigenvalue weighted by Gasteiger charge is -2.09. The molecule has 0 radical (unpaired) electrons. The quantitative estimate of drug-likeness (QED) is 0.403. The fourth-order valence-corrected chi connectivity index (χ4v) is 4.67. The van der Waals surface area contributed by atoms with Crippen molar-refractivity contribution in [3.8, 4) is 5.75 Å². The highest BCUT2D eigenvalue weighted by atomic mass is 32.1. The highest BCUT2D eigenvalue weighted by Crippen LogP contribution is 2.43. The molecule has 0 saturated carbocycles. The Bertz CT molecular complexity index is 1280. The molecular formula is C26H20N2O2S. The van der Waals surface area contributed by atoms with Crippen molar-refractivity contribution in [3.63, 3.8) is 0 Å². The Kier molecular flexibility index (Phi) is 5.18. The number of thiazole rings is 1. The second-order valence-electron chi connectivity index (χ2n) is 7.41. The van der Waals surface area contributed by atoms with Crippen molar-refractivity contribution in [2.24, 2.45) is 0 Å². The fraction of sp³-hybridized carbons (Fsp3) is 0.115. The number of hydrogen-bond acceptors (Lipinski definition) is 5. The van der Waals surface area contributed by atoms with Crippen LogP contribution in [0.5, 0.6) is 5.75 Å². The van der Waals surface area contributed by atoms with E-state index < -0.39 is 0 Å². The molecule has 0 amide bonds. The van der Waals surface area contributed by atoms with Crippen LogP contribution >= 0.6 is 11.3 Å². The number of aryl methyl sites for hydroxylation is 1. The molecule has 2 aromatic carbocycles. The van der Waals surface area contributed by atoms with Gasteiger partial charge < -0.3 is 4.74 Å². The first-order valence-corrected chi connectivity index (χ1v) is 11.0. The number of hydrogen-bond donors (Lipinski definition) is 0. The van der Waals surface area contributed by atoms with Gasteiger partial charge in [-0.3, -0.25) is 9.78 Å². The summed E-state index contributed by atoms with van der Waals surface area (Å²) in [5.74, 6) is 0.685. The van der Waals surface area contributed by atoms with Gasteiger partial charge in [-0.1, -0.05) is 36.4 Å². The zero-order valence-electron chi connectivity index (χ0n) is 17.0. The van der Waals surface area contributed by atoms with Gasteiger partial charge >= 0.3 is 0 Å². The van der Waals surface area contributed by atoms with Gasteiger partial charge in [0.1, 0.15) is 10.8 Å². The van der Waals surface area contributed by atoms with Crippen LogP contribution in [0.25, 0.3) is 11.1 Å². The maximum absolute atomic E-state index is 13.5. The van der Waals surface area contributed by atoms with Crippen LogP contribution in [0.4, 0.5) is 0 Å². The van der Waals surface area contributed by atoms with Gasteiger partial charge in [0, 0.05) is 52.2 Å². The smallest absolute Gasteiger partial charge is 0.195 e. The number of nitrogens with zero attached hydrogens (tertiary/aromatic N) is 2. The first kappa shape index (κ1) is 19.4. The van der Waals surface area contributed by atoms with Gasteiger partial charge in [-0.15, -0.1) is 11.3 Å². The van der Waals surface area contributed by atoms with Crippen molar-refractivity contribution in [2.75, 3.05) is 6.61 Å². The molecule has 4 aromatic rings. The second kappa shape index (κ2) is 8.28. The van der Waals surface area contributed by atoms with Crippen molar-refractivity contribution in [3.05, 3.63) is 111 Å². The monoisotopic (exact) mass is 424 g/mol. The van der Waals surface area contributed by atoms with Crippen molar-refractivity contribution >= 4 is 28.3 Å². The summed E-state index contributed by atoms with van der Waals surface area (Å²) >= 11 is 1.55. The summed E-state index contributed by atoms with van der Waals surface area (Å²) in [6, 6.07) is 19.8. The molecule has 152 valence electrons. The predicted octanol–water partition coefficient (Wildman–Crippen LogP) is 5.62. The van der Waals surface area contributed by atoms with Crippen LogP contribution in [0.2, 0.25) is 0 Å². The summed E-state index contributed by atoms with van der Waals surface area (Å²) in [5.41, 5.74) is 6.05. The average molecular weight is 425 g/mol. The summed E-state index contributed by atoms with van der Waals surface area (Å²) < 4.78 is 5.97. The van der Waals surface area contributed by atoms with E-state index in [1.54, 1.807) is 23.7 Å². The first-order valence-electron chi connectivity index (χ1n) is 10.1. The molecule has 5 heteroatoms. The number of Topliss-reactive ketones (excluding diaryl/α,β-unsaturated/α-hetero) is 1. The Hall–Kier alpha value is -3.57. The highest BCUT2D eigenvalue weighted by molar-refractivity contribution is 7.11. The number of fused-ring (bicyclic) bond motifs is 1. The van der Waals surface area contributed by atoms with Gasteiger partial charge in [-0.05, 0) is 42.3 Å². The number of carbonyl (C=O) groups is 1. The predicted molar refractivity (Wildman–Crippen MR) is 123 cm³/mol. The van der Waals surface area contributed by atoms with E-state index in [1.165, 1.54) is 5.56 Å². The average Bonchev–Trinajstić information content (AvgIpc) is 3.36. The van der Waals surface area contributed by atoms with E-state index in [2.05, 4.69) is 22.1 Å². The minimum absolute atomic E-state index is 0.0145. The van der Waals surface area contributed by atoms with Crippen LogP contribution in [-0.4, -0.2) is 22.4 Å². The first-order chi connectivity index (χ1) is 15.2. The molecule has 1 aliphatic carbocycles. The topological polar surface area (TPSA) is 52.1 Å². The molecule has 0 unspecified atom stereocenters. The molecule has 0 atom stereocenters. The maximum atomic E-state index is 13.5. The second-order valence-corrected chi connectivity index (χ2v) is 8.26. The van der Waals surface area contributed by atoms with Crippen LogP contribution in [0.15, 0.2) is 78.4 Å². The lowest BCUT2D eigenvalue weighted by atomic mass is 10.0. The van der Waals surface area contributed by atoms with Gasteiger partial charge in [-0.2, -0.15) is 0 Å². The number of aromatic nitrogens is 2. The van der Waals surface area contributed by atoms with E-state index in [4.69, 9.17) is 4.74 Å². The minimum atomic E-state index is -0.0145. The van der Waals surface area contributed by atoms with E-state index in [-0.39, 0.29) is 5.78 Å². The van der Waals surface area contributed by atoms with Crippen LogP contribution in [0.1, 0.15) is 37.7 Å². The van der Waals surface area contributed by atoms with Crippen molar-refractivity contribution < 1.29 is 9.53 Å². The number of carbonyl (C=O) groups excluding carboxylic acids is 1. The van der Waals surface area contributed by atoms with Crippen LogP contribution < -0.4 is 4.74 Å². The third-order valence-electron chi connectivity index (χ3n) is 5.27. The highest BCUT2D eigenvalue weighted by Gasteiger charge is 2.33.